The molecule has 0 bridgehead atoms. The molecule has 1 rings (SSSR count). The molecule has 2 nitrogen and oxygen atoms in total. The Hall–Kier alpha value is -0.696. The molecule has 0 saturated carbocycles. The van der Waals surface area contributed by atoms with Gasteiger partial charge in [-0.1, -0.05) is 5.56 Å². The van der Waals surface area contributed by atoms with Crippen LogP contribution in [0.25, 0.3) is 0 Å². The average molecular weight is 216 g/mol. The van der Waals surface area contributed by atoms with E-state index in [0.717, 1.165) is 0 Å². The molecule has 0 fully saturated rings. The van der Waals surface area contributed by atoms with Crippen LogP contribution in [0.5, 0.6) is 0 Å². The van der Waals surface area contributed by atoms with E-state index in [0.29, 0.717) is 11.1 Å². The predicted octanol–water partition coefficient (Wildman–Crippen LogP) is 1.23. The molecular formula is C8H3N2Y-. The first-order valence-corrected chi connectivity index (χ1v) is 2.69. The summed E-state index contributed by atoms with van der Waals surface area (Å²) in [5.74, 6) is 0. The van der Waals surface area contributed by atoms with Crippen LogP contribution in [0, 0.1) is 28.7 Å². The Labute approximate surface area is 90.3 Å². The number of rotatable bonds is 0. The summed E-state index contributed by atoms with van der Waals surface area (Å²) in [5.41, 5.74) is 0.690. The van der Waals surface area contributed by atoms with Crippen molar-refractivity contribution in [3.05, 3.63) is 35.4 Å². The van der Waals surface area contributed by atoms with Gasteiger partial charge in [-0.25, -0.2) is 5.26 Å². The SMILES string of the molecule is N#Cc1[c-]cccc1C#N.[Y]. The zero-order valence-electron chi connectivity index (χ0n) is 5.70. The maximum absolute atomic E-state index is 8.43. The van der Waals surface area contributed by atoms with E-state index in [4.69, 9.17) is 10.5 Å². The molecule has 3 heteroatoms. The third-order valence-electron chi connectivity index (χ3n) is 1.09. The van der Waals surface area contributed by atoms with E-state index in [1.165, 1.54) is 0 Å². The van der Waals surface area contributed by atoms with Crippen LogP contribution in [0.4, 0.5) is 0 Å². The molecule has 1 radical (unpaired) electrons. The molecule has 0 heterocycles. The second kappa shape index (κ2) is 5.02. The number of nitriles is 2. The number of hydrogen-bond acceptors (Lipinski definition) is 2. The number of nitrogens with zero attached hydrogens (tertiary/aromatic N) is 2. The summed E-state index contributed by atoms with van der Waals surface area (Å²) in [5, 5.41) is 16.8. The zero-order valence-corrected chi connectivity index (χ0v) is 8.54. The molecule has 0 aliphatic carbocycles. The topological polar surface area (TPSA) is 47.6 Å². The molecule has 0 saturated heterocycles. The van der Waals surface area contributed by atoms with Gasteiger partial charge in [-0.15, -0.1) is 24.3 Å². The van der Waals surface area contributed by atoms with Crippen molar-refractivity contribution in [3.63, 3.8) is 0 Å². The Bertz CT molecular complexity index is 287. The number of hydrogen-bond donors (Lipinski definition) is 0. The van der Waals surface area contributed by atoms with Crippen molar-refractivity contribution in [3.8, 4) is 12.1 Å². The fourth-order valence-corrected chi connectivity index (χ4v) is 0.623. The molecule has 0 aliphatic heterocycles. The minimum absolute atomic E-state index is 0. The van der Waals surface area contributed by atoms with Crippen molar-refractivity contribution in [2.75, 3.05) is 0 Å². The summed E-state index contributed by atoms with van der Waals surface area (Å²) in [6.45, 7) is 0. The molecular weight excluding hydrogens is 213 g/mol. The molecule has 0 N–H and O–H groups in total. The van der Waals surface area contributed by atoms with Gasteiger partial charge in [0.15, 0.2) is 0 Å². The quantitative estimate of drug-likeness (QED) is 0.612. The summed E-state index contributed by atoms with van der Waals surface area (Å²) in [6.07, 6.45) is 0. The molecule has 1 aromatic rings. The van der Waals surface area contributed by atoms with Crippen LogP contribution < -0.4 is 0 Å². The zero-order chi connectivity index (χ0) is 7.40. The van der Waals surface area contributed by atoms with Crippen LogP contribution in [-0.2, 0) is 32.7 Å². The maximum Gasteiger partial charge on any atom is 0.0481 e. The van der Waals surface area contributed by atoms with E-state index in [2.05, 4.69) is 6.07 Å². The third kappa shape index (κ3) is 2.43. The van der Waals surface area contributed by atoms with E-state index in [1.54, 1.807) is 18.2 Å². The Balaban J connectivity index is 0.000001000. The fraction of sp³-hybridized carbons (Fsp3) is 0. The van der Waals surface area contributed by atoms with Gasteiger partial charge in [0.1, 0.15) is 0 Å². The summed E-state index contributed by atoms with van der Waals surface area (Å²) < 4.78 is 0. The van der Waals surface area contributed by atoms with Gasteiger partial charge in [0.2, 0.25) is 0 Å². The van der Waals surface area contributed by atoms with E-state index >= 15 is 0 Å². The summed E-state index contributed by atoms with van der Waals surface area (Å²) >= 11 is 0. The number of benzene rings is 1. The van der Waals surface area contributed by atoms with Gasteiger partial charge in [0.25, 0.3) is 0 Å². The normalized spacial score (nSPS) is 7.09. The van der Waals surface area contributed by atoms with Crippen LogP contribution in [0.15, 0.2) is 18.2 Å². The summed E-state index contributed by atoms with van der Waals surface area (Å²) in [4.78, 5) is 0. The van der Waals surface area contributed by atoms with Crippen molar-refractivity contribution in [1.29, 1.82) is 10.5 Å². The van der Waals surface area contributed by atoms with E-state index in [9.17, 15) is 0 Å². The molecule has 0 amide bonds. The molecule has 1 aromatic carbocycles. The van der Waals surface area contributed by atoms with Crippen molar-refractivity contribution >= 4 is 0 Å². The van der Waals surface area contributed by atoms with Gasteiger partial charge in [-0.2, -0.15) is 0 Å². The van der Waals surface area contributed by atoms with Gasteiger partial charge < -0.3 is 0 Å². The smallest absolute Gasteiger partial charge is 0.0481 e. The standard InChI is InChI=1S/C8H3N2.Y/c9-5-7-3-1-2-4-8(7)6-10;/h1-3H;/q-1;. The first-order valence-electron chi connectivity index (χ1n) is 2.69. The van der Waals surface area contributed by atoms with Gasteiger partial charge in [0, 0.05) is 38.8 Å². The summed E-state index contributed by atoms with van der Waals surface area (Å²) in [6, 6.07) is 11.3. The predicted molar refractivity (Wildman–Crippen MR) is 34.7 cm³/mol. The molecule has 0 spiro atoms. The van der Waals surface area contributed by atoms with Crippen LogP contribution in [0.2, 0.25) is 0 Å². The average Bonchev–Trinajstić information content (AvgIpc) is 2.04. The Morgan fingerprint density at radius 2 is 2.00 bits per heavy atom. The van der Waals surface area contributed by atoms with Crippen LogP contribution >= 0.6 is 0 Å². The summed E-state index contributed by atoms with van der Waals surface area (Å²) in [7, 11) is 0. The monoisotopic (exact) mass is 216 g/mol. The molecule has 0 aromatic heterocycles. The van der Waals surface area contributed by atoms with Crippen LogP contribution in [0.3, 0.4) is 0 Å². The van der Waals surface area contributed by atoms with Gasteiger partial charge in [0.05, 0.1) is 0 Å². The fourth-order valence-electron chi connectivity index (χ4n) is 0.623. The Morgan fingerprint density at radius 1 is 1.27 bits per heavy atom. The largest absolute Gasteiger partial charge is 0.262 e. The maximum atomic E-state index is 8.43. The second-order valence-corrected chi connectivity index (χ2v) is 1.68. The van der Waals surface area contributed by atoms with Crippen LogP contribution in [0.1, 0.15) is 11.1 Å². The van der Waals surface area contributed by atoms with Gasteiger partial charge in [-0.05, 0) is 11.6 Å². The van der Waals surface area contributed by atoms with E-state index < -0.39 is 0 Å². The molecule has 49 valence electrons. The van der Waals surface area contributed by atoms with Gasteiger partial charge >= 0.3 is 0 Å². The molecule has 0 aliphatic rings. The van der Waals surface area contributed by atoms with Crippen molar-refractivity contribution < 1.29 is 32.7 Å². The second-order valence-electron chi connectivity index (χ2n) is 1.68. The van der Waals surface area contributed by atoms with Crippen molar-refractivity contribution in [2.24, 2.45) is 0 Å². The van der Waals surface area contributed by atoms with Crippen LogP contribution in [-0.4, -0.2) is 0 Å². The molecule has 0 atom stereocenters. The third-order valence-corrected chi connectivity index (χ3v) is 1.09. The molecule has 0 unspecified atom stereocenters. The first kappa shape index (κ1) is 10.3. The Kier molecular flexibility index (Phi) is 4.70. The van der Waals surface area contributed by atoms with E-state index in [-0.39, 0.29) is 32.7 Å². The minimum Gasteiger partial charge on any atom is -0.262 e. The molecule has 11 heavy (non-hydrogen) atoms. The Morgan fingerprint density at radius 3 is 2.45 bits per heavy atom. The first-order chi connectivity index (χ1) is 4.88. The van der Waals surface area contributed by atoms with E-state index in [1.807, 2.05) is 12.1 Å². The van der Waals surface area contributed by atoms with Crippen molar-refractivity contribution in [1.82, 2.24) is 0 Å². The minimum atomic E-state index is 0. The van der Waals surface area contributed by atoms with Gasteiger partial charge in [-0.3, -0.25) is 5.26 Å². The van der Waals surface area contributed by atoms with Crippen molar-refractivity contribution in [2.45, 2.75) is 0 Å².